The lowest BCUT2D eigenvalue weighted by Crippen LogP contribution is -2.31. The molecule has 0 unspecified atom stereocenters. The van der Waals surface area contributed by atoms with E-state index in [-0.39, 0.29) is 28.0 Å². The number of hydrogen-bond acceptors (Lipinski definition) is 6. The van der Waals surface area contributed by atoms with Crippen molar-refractivity contribution in [1.29, 1.82) is 0 Å². The minimum Gasteiger partial charge on any atom is -0.493 e. The van der Waals surface area contributed by atoms with Gasteiger partial charge in [0.1, 0.15) is 11.4 Å². The Morgan fingerprint density at radius 3 is 2.54 bits per heavy atom. The highest BCUT2D eigenvalue weighted by molar-refractivity contribution is 9.10. The number of fused-ring (bicyclic) bond motifs is 2. The summed E-state index contributed by atoms with van der Waals surface area (Å²) in [5.41, 5.74) is 0.855. The third-order valence-electron chi connectivity index (χ3n) is 6.83. The molecule has 8 heteroatoms. The SMILES string of the molecule is COc1ccc(CCn2c(C3CCCCC3)nc3oc4ccc(Br)cc4c(=O)c3c2=O)cc1OC. The molecule has 35 heavy (non-hydrogen) atoms. The van der Waals surface area contributed by atoms with E-state index < -0.39 is 0 Å². The van der Waals surface area contributed by atoms with Crippen LogP contribution in [-0.4, -0.2) is 23.8 Å². The lowest BCUT2D eigenvalue weighted by molar-refractivity contribution is 0.354. The predicted molar refractivity (Wildman–Crippen MR) is 139 cm³/mol. The van der Waals surface area contributed by atoms with E-state index in [2.05, 4.69) is 15.9 Å². The van der Waals surface area contributed by atoms with Crippen LogP contribution in [0.2, 0.25) is 0 Å². The van der Waals surface area contributed by atoms with Crippen LogP contribution in [0.1, 0.15) is 49.4 Å². The zero-order valence-corrected chi connectivity index (χ0v) is 21.4. The van der Waals surface area contributed by atoms with Gasteiger partial charge in [0.25, 0.3) is 5.56 Å². The molecule has 0 radical (unpaired) electrons. The molecule has 1 aliphatic carbocycles. The molecule has 7 nitrogen and oxygen atoms in total. The van der Waals surface area contributed by atoms with Crippen LogP contribution < -0.4 is 20.5 Å². The molecule has 2 aromatic carbocycles. The molecule has 0 aliphatic heterocycles. The molecule has 182 valence electrons. The van der Waals surface area contributed by atoms with Crippen molar-refractivity contribution in [3.05, 3.63) is 72.8 Å². The van der Waals surface area contributed by atoms with Crippen molar-refractivity contribution in [2.24, 2.45) is 0 Å². The van der Waals surface area contributed by atoms with Gasteiger partial charge in [-0.1, -0.05) is 41.3 Å². The summed E-state index contributed by atoms with van der Waals surface area (Å²) >= 11 is 3.40. The van der Waals surface area contributed by atoms with E-state index in [1.54, 1.807) is 30.9 Å². The smallest absolute Gasteiger partial charge is 0.268 e. The maximum Gasteiger partial charge on any atom is 0.268 e. The normalized spacial score (nSPS) is 14.5. The minimum atomic E-state index is -0.352. The van der Waals surface area contributed by atoms with Gasteiger partial charge in [-0.15, -0.1) is 0 Å². The van der Waals surface area contributed by atoms with E-state index >= 15 is 0 Å². The van der Waals surface area contributed by atoms with Crippen molar-refractivity contribution in [1.82, 2.24) is 9.55 Å². The molecule has 0 amide bonds. The van der Waals surface area contributed by atoms with Crippen LogP contribution in [0.3, 0.4) is 0 Å². The summed E-state index contributed by atoms with van der Waals surface area (Å²) in [6.07, 6.45) is 5.91. The Bertz CT molecular complexity index is 1520. The van der Waals surface area contributed by atoms with Gasteiger partial charge in [-0.25, -0.2) is 0 Å². The van der Waals surface area contributed by atoms with Gasteiger partial charge in [0, 0.05) is 16.9 Å². The first-order valence-corrected chi connectivity index (χ1v) is 12.7. The largest absolute Gasteiger partial charge is 0.493 e. The van der Waals surface area contributed by atoms with E-state index in [0.29, 0.717) is 41.3 Å². The van der Waals surface area contributed by atoms with Crippen LogP contribution in [0.5, 0.6) is 11.5 Å². The van der Waals surface area contributed by atoms with Crippen LogP contribution in [0, 0.1) is 0 Å². The fourth-order valence-corrected chi connectivity index (χ4v) is 5.35. The number of halogens is 1. The number of rotatable bonds is 6. The number of ether oxygens (including phenoxy) is 2. The number of benzene rings is 2. The molecule has 2 heterocycles. The number of nitrogens with zero attached hydrogens (tertiary/aromatic N) is 2. The second-order valence-corrected chi connectivity index (χ2v) is 9.87. The van der Waals surface area contributed by atoms with Crippen LogP contribution in [-0.2, 0) is 13.0 Å². The molecule has 0 spiro atoms. The predicted octanol–water partition coefficient (Wildman–Crippen LogP) is 5.57. The zero-order chi connectivity index (χ0) is 24.5. The van der Waals surface area contributed by atoms with E-state index in [9.17, 15) is 9.59 Å². The minimum absolute atomic E-state index is 0.00229. The lowest BCUT2D eigenvalue weighted by atomic mass is 9.88. The highest BCUT2D eigenvalue weighted by Crippen LogP contribution is 2.32. The number of aromatic nitrogens is 2. The van der Waals surface area contributed by atoms with Crippen LogP contribution >= 0.6 is 15.9 Å². The molecule has 5 rings (SSSR count). The van der Waals surface area contributed by atoms with Gasteiger partial charge in [-0.05, 0) is 55.2 Å². The molecular weight excluding hydrogens is 512 g/mol. The van der Waals surface area contributed by atoms with Crippen LogP contribution in [0.15, 0.2) is 54.9 Å². The summed E-state index contributed by atoms with van der Waals surface area (Å²) in [5.74, 6) is 2.16. The third-order valence-corrected chi connectivity index (χ3v) is 7.32. The van der Waals surface area contributed by atoms with Crippen molar-refractivity contribution in [3.63, 3.8) is 0 Å². The quantitative estimate of drug-likeness (QED) is 0.298. The molecule has 0 atom stereocenters. The first-order chi connectivity index (χ1) is 17.0. The molecule has 0 saturated heterocycles. The van der Waals surface area contributed by atoms with Crippen molar-refractivity contribution in [3.8, 4) is 11.5 Å². The fourth-order valence-electron chi connectivity index (χ4n) is 4.99. The molecule has 1 fully saturated rings. The van der Waals surface area contributed by atoms with Gasteiger partial charge in [0.05, 0.1) is 19.6 Å². The lowest BCUT2D eigenvalue weighted by Gasteiger charge is -2.24. The van der Waals surface area contributed by atoms with E-state index in [4.69, 9.17) is 18.9 Å². The van der Waals surface area contributed by atoms with Gasteiger partial charge in [0.15, 0.2) is 16.9 Å². The van der Waals surface area contributed by atoms with Crippen molar-refractivity contribution >= 4 is 38.0 Å². The Morgan fingerprint density at radius 2 is 1.80 bits per heavy atom. The number of methoxy groups -OCH3 is 2. The average Bonchev–Trinajstić information content (AvgIpc) is 2.88. The molecule has 4 aromatic rings. The maximum absolute atomic E-state index is 13.8. The zero-order valence-electron chi connectivity index (χ0n) is 19.8. The number of aryl methyl sites for hydroxylation is 1. The first-order valence-electron chi connectivity index (χ1n) is 11.9. The summed E-state index contributed by atoms with van der Waals surface area (Å²) in [6.45, 7) is 0.402. The molecule has 0 bridgehead atoms. The Kier molecular flexibility index (Phi) is 6.65. The van der Waals surface area contributed by atoms with Crippen molar-refractivity contribution in [2.75, 3.05) is 14.2 Å². The Morgan fingerprint density at radius 1 is 1.03 bits per heavy atom. The summed E-state index contributed by atoms with van der Waals surface area (Å²) in [7, 11) is 3.20. The van der Waals surface area contributed by atoms with Gasteiger partial charge in [-0.3, -0.25) is 14.2 Å². The molecule has 1 saturated carbocycles. The van der Waals surface area contributed by atoms with Gasteiger partial charge < -0.3 is 13.9 Å². The first kappa shape index (κ1) is 23.6. The third kappa shape index (κ3) is 4.47. The number of hydrogen-bond donors (Lipinski definition) is 0. The topological polar surface area (TPSA) is 83.6 Å². The molecule has 0 N–H and O–H groups in total. The van der Waals surface area contributed by atoms with Gasteiger partial charge >= 0.3 is 0 Å². The van der Waals surface area contributed by atoms with E-state index in [1.165, 1.54) is 6.42 Å². The van der Waals surface area contributed by atoms with Crippen LogP contribution in [0.25, 0.3) is 22.1 Å². The molecule has 2 aromatic heterocycles. The average molecular weight is 539 g/mol. The Labute approximate surface area is 210 Å². The van der Waals surface area contributed by atoms with Crippen LogP contribution in [0.4, 0.5) is 0 Å². The standard InChI is InChI=1S/C27H27BrN2O5/c1-33-21-10-8-16(14-22(21)34-2)12-13-30-25(17-6-4-3-5-7-17)29-26-23(27(30)32)24(31)19-15-18(28)9-11-20(19)35-26/h8-11,14-15,17H,3-7,12-13H2,1-2H3. The summed E-state index contributed by atoms with van der Waals surface area (Å²) in [6, 6.07) is 11.0. The highest BCUT2D eigenvalue weighted by Gasteiger charge is 2.25. The fraction of sp³-hybridized carbons (Fsp3) is 0.370. The summed E-state index contributed by atoms with van der Waals surface area (Å²) in [4.78, 5) is 32.0. The van der Waals surface area contributed by atoms with E-state index in [0.717, 1.165) is 35.7 Å². The highest BCUT2D eigenvalue weighted by atomic mass is 79.9. The second-order valence-electron chi connectivity index (χ2n) is 8.95. The Hall–Kier alpha value is -3.13. The molecular formula is C27H27BrN2O5. The molecule has 1 aliphatic rings. The monoisotopic (exact) mass is 538 g/mol. The van der Waals surface area contributed by atoms with E-state index in [1.807, 2.05) is 24.3 Å². The van der Waals surface area contributed by atoms with Gasteiger partial charge in [-0.2, -0.15) is 4.98 Å². The summed E-state index contributed by atoms with van der Waals surface area (Å²) < 4.78 is 19.2. The Balaban J connectivity index is 1.64. The second kappa shape index (κ2) is 9.85. The summed E-state index contributed by atoms with van der Waals surface area (Å²) in [5, 5.41) is 0.366. The van der Waals surface area contributed by atoms with Gasteiger partial charge in [0.2, 0.25) is 11.1 Å². The van der Waals surface area contributed by atoms with Crippen molar-refractivity contribution < 1.29 is 13.9 Å². The maximum atomic E-state index is 13.8. The van der Waals surface area contributed by atoms with Crippen molar-refractivity contribution in [2.45, 2.75) is 51.0 Å².